The Balaban J connectivity index is 2.17. The van der Waals surface area contributed by atoms with Gasteiger partial charge in [-0.3, -0.25) is 0 Å². The highest BCUT2D eigenvalue weighted by molar-refractivity contribution is 5.97. The number of rotatable bonds is 5. The molecule has 18 heavy (non-hydrogen) atoms. The lowest BCUT2D eigenvalue weighted by Gasteiger charge is -2.22. The standard InChI is InChI=1S/C14H18O4/c1-2-3-4-5-9-14(17)10-7-6-8-11(15)12(10)13(16)18-14/h6-8,15,17H,2-5,9H2,1H3. The fraction of sp³-hybridized carbons (Fsp3) is 0.500. The molecule has 0 fully saturated rings. The van der Waals surface area contributed by atoms with Gasteiger partial charge in [0.15, 0.2) is 0 Å². The Hall–Kier alpha value is -1.55. The normalized spacial score (nSPS) is 21.8. The Morgan fingerprint density at radius 2 is 2.06 bits per heavy atom. The lowest BCUT2D eigenvalue weighted by Crippen LogP contribution is -2.25. The van der Waals surface area contributed by atoms with Gasteiger partial charge in [0, 0.05) is 12.0 Å². The van der Waals surface area contributed by atoms with E-state index in [1.165, 1.54) is 6.07 Å². The second-order valence-corrected chi connectivity index (χ2v) is 4.68. The number of carbonyl (C=O) groups is 1. The van der Waals surface area contributed by atoms with Crippen LogP contribution in [0.25, 0.3) is 0 Å². The van der Waals surface area contributed by atoms with Crippen molar-refractivity contribution in [2.45, 2.75) is 44.8 Å². The number of hydrogen-bond acceptors (Lipinski definition) is 4. The number of hydrogen-bond donors (Lipinski definition) is 2. The van der Waals surface area contributed by atoms with Crippen molar-refractivity contribution < 1.29 is 19.7 Å². The molecule has 0 aliphatic carbocycles. The lowest BCUT2D eigenvalue weighted by molar-refractivity contribution is -0.168. The van der Waals surface area contributed by atoms with Gasteiger partial charge in [-0.2, -0.15) is 0 Å². The third-order valence-corrected chi connectivity index (χ3v) is 3.30. The first-order valence-corrected chi connectivity index (χ1v) is 6.36. The first-order valence-electron chi connectivity index (χ1n) is 6.36. The molecule has 1 unspecified atom stereocenters. The van der Waals surface area contributed by atoms with Gasteiger partial charge in [-0.25, -0.2) is 4.79 Å². The Kier molecular flexibility index (Phi) is 3.57. The van der Waals surface area contributed by atoms with Gasteiger partial charge in [0.1, 0.15) is 11.3 Å². The maximum atomic E-state index is 11.6. The molecule has 0 spiro atoms. The second-order valence-electron chi connectivity index (χ2n) is 4.68. The van der Waals surface area contributed by atoms with E-state index in [9.17, 15) is 15.0 Å². The molecular weight excluding hydrogens is 232 g/mol. The monoisotopic (exact) mass is 250 g/mol. The van der Waals surface area contributed by atoms with Crippen molar-refractivity contribution in [3.63, 3.8) is 0 Å². The molecule has 98 valence electrons. The lowest BCUT2D eigenvalue weighted by atomic mass is 9.96. The van der Waals surface area contributed by atoms with Crippen molar-refractivity contribution in [2.24, 2.45) is 0 Å². The van der Waals surface area contributed by atoms with Gasteiger partial charge in [0.25, 0.3) is 0 Å². The SMILES string of the molecule is CCCCCCC1(O)OC(=O)c2c(O)cccc21. The first kappa shape index (κ1) is 12.9. The molecule has 1 aliphatic rings. The van der Waals surface area contributed by atoms with Crippen LogP contribution in [-0.4, -0.2) is 16.2 Å². The molecule has 2 N–H and O–H groups in total. The predicted octanol–water partition coefficient (Wildman–Crippen LogP) is 2.68. The molecule has 0 amide bonds. The summed E-state index contributed by atoms with van der Waals surface area (Å²) in [6, 6.07) is 4.65. The second kappa shape index (κ2) is 4.98. The van der Waals surface area contributed by atoms with E-state index >= 15 is 0 Å². The molecule has 1 atom stereocenters. The number of phenolic OH excluding ortho intramolecular Hbond substituents is 1. The van der Waals surface area contributed by atoms with Crippen molar-refractivity contribution in [1.29, 1.82) is 0 Å². The summed E-state index contributed by atoms with van der Waals surface area (Å²) in [5.74, 6) is -2.36. The van der Waals surface area contributed by atoms with Crippen LogP contribution in [0.1, 0.15) is 54.9 Å². The maximum absolute atomic E-state index is 11.6. The molecule has 4 heteroatoms. The molecule has 0 radical (unpaired) electrons. The number of aliphatic hydroxyl groups is 1. The smallest absolute Gasteiger partial charge is 0.345 e. The van der Waals surface area contributed by atoms with Crippen LogP contribution in [-0.2, 0) is 10.5 Å². The number of phenols is 1. The van der Waals surface area contributed by atoms with Crippen LogP contribution in [0, 0.1) is 0 Å². The molecule has 0 saturated heterocycles. The summed E-state index contributed by atoms with van der Waals surface area (Å²) in [5, 5.41) is 20.0. The summed E-state index contributed by atoms with van der Waals surface area (Å²) in [5.41, 5.74) is 0.472. The minimum atomic E-state index is -1.57. The number of aromatic hydroxyl groups is 1. The van der Waals surface area contributed by atoms with Gasteiger partial charge < -0.3 is 14.9 Å². The summed E-state index contributed by atoms with van der Waals surface area (Å²) in [7, 11) is 0. The van der Waals surface area contributed by atoms with E-state index in [1.54, 1.807) is 12.1 Å². The molecule has 1 aromatic carbocycles. The maximum Gasteiger partial charge on any atom is 0.345 e. The van der Waals surface area contributed by atoms with Crippen LogP contribution in [0.15, 0.2) is 18.2 Å². The van der Waals surface area contributed by atoms with Crippen molar-refractivity contribution in [2.75, 3.05) is 0 Å². The Morgan fingerprint density at radius 3 is 2.78 bits per heavy atom. The van der Waals surface area contributed by atoms with Crippen LogP contribution in [0.4, 0.5) is 0 Å². The van der Waals surface area contributed by atoms with Crippen LogP contribution >= 0.6 is 0 Å². The Labute approximate surface area is 106 Å². The van der Waals surface area contributed by atoms with Gasteiger partial charge in [-0.1, -0.05) is 38.3 Å². The average molecular weight is 250 g/mol. The molecule has 1 heterocycles. The van der Waals surface area contributed by atoms with E-state index in [4.69, 9.17) is 4.74 Å². The first-order chi connectivity index (χ1) is 8.58. The summed E-state index contributed by atoms with van der Waals surface area (Å²) in [6.45, 7) is 2.11. The number of unbranched alkanes of at least 4 members (excludes halogenated alkanes) is 3. The average Bonchev–Trinajstić information content (AvgIpc) is 2.59. The molecule has 0 aromatic heterocycles. The number of ether oxygens (including phenoxy) is 1. The zero-order valence-electron chi connectivity index (χ0n) is 10.5. The van der Waals surface area contributed by atoms with Crippen LogP contribution in [0.3, 0.4) is 0 Å². The number of carbonyl (C=O) groups excluding carboxylic acids is 1. The van der Waals surface area contributed by atoms with E-state index in [0.29, 0.717) is 12.0 Å². The number of fused-ring (bicyclic) bond motifs is 1. The largest absolute Gasteiger partial charge is 0.507 e. The summed E-state index contributed by atoms with van der Waals surface area (Å²) in [6.07, 6.45) is 4.35. The van der Waals surface area contributed by atoms with E-state index in [0.717, 1.165) is 25.7 Å². The Morgan fingerprint density at radius 1 is 1.28 bits per heavy atom. The van der Waals surface area contributed by atoms with Crippen molar-refractivity contribution in [1.82, 2.24) is 0 Å². The molecular formula is C14H18O4. The number of esters is 1. The molecule has 1 aliphatic heterocycles. The highest BCUT2D eigenvalue weighted by Crippen LogP contribution is 2.41. The summed E-state index contributed by atoms with van der Waals surface area (Å²) in [4.78, 5) is 11.6. The van der Waals surface area contributed by atoms with Crippen molar-refractivity contribution in [3.05, 3.63) is 29.3 Å². The van der Waals surface area contributed by atoms with E-state index in [-0.39, 0.29) is 11.3 Å². The third-order valence-electron chi connectivity index (χ3n) is 3.30. The zero-order chi connectivity index (χ0) is 13.2. The number of benzene rings is 1. The predicted molar refractivity (Wildman–Crippen MR) is 66.2 cm³/mol. The molecule has 2 rings (SSSR count). The van der Waals surface area contributed by atoms with Gasteiger partial charge in [0.2, 0.25) is 5.79 Å². The van der Waals surface area contributed by atoms with Crippen LogP contribution in [0.2, 0.25) is 0 Å². The zero-order valence-corrected chi connectivity index (χ0v) is 10.5. The molecule has 0 saturated carbocycles. The highest BCUT2D eigenvalue weighted by Gasteiger charge is 2.44. The fourth-order valence-electron chi connectivity index (χ4n) is 2.32. The van der Waals surface area contributed by atoms with Gasteiger partial charge >= 0.3 is 5.97 Å². The molecule has 0 bridgehead atoms. The van der Waals surface area contributed by atoms with E-state index < -0.39 is 11.8 Å². The van der Waals surface area contributed by atoms with Gasteiger partial charge in [-0.15, -0.1) is 0 Å². The van der Waals surface area contributed by atoms with Crippen molar-refractivity contribution >= 4 is 5.97 Å². The summed E-state index contributed by atoms with van der Waals surface area (Å²) < 4.78 is 5.04. The third kappa shape index (κ3) is 2.20. The van der Waals surface area contributed by atoms with Gasteiger partial charge in [0.05, 0.1) is 0 Å². The quantitative estimate of drug-likeness (QED) is 0.622. The van der Waals surface area contributed by atoms with Crippen LogP contribution < -0.4 is 0 Å². The van der Waals surface area contributed by atoms with E-state index in [2.05, 4.69) is 6.92 Å². The minimum Gasteiger partial charge on any atom is -0.507 e. The summed E-state index contributed by atoms with van der Waals surface area (Å²) >= 11 is 0. The molecule has 4 nitrogen and oxygen atoms in total. The minimum absolute atomic E-state index is 0.0930. The topological polar surface area (TPSA) is 66.8 Å². The molecule has 1 aromatic rings. The van der Waals surface area contributed by atoms with E-state index in [1.807, 2.05) is 0 Å². The van der Waals surface area contributed by atoms with Gasteiger partial charge in [-0.05, 0) is 12.5 Å². The highest BCUT2D eigenvalue weighted by atomic mass is 16.7. The van der Waals surface area contributed by atoms with Crippen molar-refractivity contribution in [3.8, 4) is 5.75 Å². The number of cyclic esters (lactones) is 1. The van der Waals surface area contributed by atoms with Crippen LogP contribution in [0.5, 0.6) is 5.75 Å². The fourth-order valence-corrected chi connectivity index (χ4v) is 2.32. The Bertz CT molecular complexity index is 455.